The Labute approximate surface area is 149 Å². The molecule has 1 atom stereocenters. The van der Waals surface area contributed by atoms with Gasteiger partial charge in [-0.2, -0.15) is 0 Å². The first-order valence-corrected chi connectivity index (χ1v) is 7.92. The van der Waals surface area contributed by atoms with E-state index in [0.717, 1.165) is 12.1 Å². The largest absolute Gasteiger partial charge is 0.478 e. The summed E-state index contributed by atoms with van der Waals surface area (Å²) in [5.41, 5.74) is 0.0917. The fourth-order valence-electron chi connectivity index (χ4n) is 1.98. The highest BCUT2D eigenvalue weighted by molar-refractivity contribution is 5.92. The van der Waals surface area contributed by atoms with Crippen molar-refractivity contribution in [2.24, 2.45) is 0 Å². The summed E-state index contributed by atoms with van der Waals surface area (Å²) in [6, 6.07) is 9.63. The number of carboxylic acids is 1. The maximum absolute atomic E-state index is 12.9. The van der Waals surface area contributed by atoms with E-state index in [0.29, 0.717) is 5.88 Å². The number of ether oxygens (including phenoxy) is 2. The molecule has 0 spiro atoms. The molecule has 0 radical (unpaired) electrons. The molecule has 26 heavy (non-hydrogen) atoms. The first kappa shape index (κ1) is 19.2. The number of rotatable bonds is 8. The van der Waals surface area contributed by atoms with E-state index in [2.05, 4.69) is 10.3 Å². The minimum absolute atomic E-state index is 0.0917. The predicted octanol–water partition coefficient (Wildman–Crippen LogP) is 2.27. The van der Waals surface area contributed by atoms with Gasteiger partial charge in [-0.1, -0.05) is 6.07 Å². The molecule has 0 saturated heterocycles. The summed E-state index contributed by atoms with van der Waals surface area (Å²) >= 11 is 0. The number of carboxylic acid groups (broad SMARTS) is 1. The Morgan fingerprint density at radius 2 is 1.85 bits per heavy atom. The van der Waals surface area contributed by atoms with Crippen LogP contribution >= 0.6 is 0 Å². The monoisotopic (exact) mass is 362 g/mol. The second-order valence-electron chi connectivity index (χ2n) is 5.64. The first-order chi connectivity index (χ1) is 12.3. The molecular formula is C18H19FN2O5. The number of aromatic nitrogens is 1. The first-order valence-electron chi connectivity index (χ1n) is 7.92. The molecule has 1 amide bonds. The maximum atomic E-state index is 12.9. The summed E-state index contributed by atoms with van der Waals surface area (Å²) in [6.45, 7) is 3.37. The van der Waals surface area contributed by atoms with E-state index in [4.69, 9.17) is 9.47 Å². The lowest BCUT2D eigenvalue weighted by atomic mass is 10.3. The van der Waals surface area contributed by atoms with Crippen LogP contribution in [-0.2, 0) is 4.79 Å². The maximum Gasteiger partial charge on any atom is 0.346 e. The van der Waals surface area contributed by atoms with Crippen molar-refractivity contribution in [1.82, 2.24) is 10.3 Å². The summed E-state index contributed by atoms with van der Waals surface area (Å²) in [7, 11) is 0. The predicted molar refractivity (Wildman–Crippen MR) is 90.8 cm³/mol. The van der Waals surface area contributed by atoms with Crippen LogP contribution in [0.3, 0.4) is 0 Å². The zero-order valence-corrected chi connectivity index (χ0v) is 14.3. The third-order valence-electron chi connectivity index (χ3n) is 3.13. The van der Waals surface area contributed by atoms with Crippen molar-refractivity contribution in [3.05, 3.63) is 54.0 Å². The van der Waals surface area contributed by atoms with Gasteiger partial charge in [0.05, 0.1) is 12.6 Å². The molecule has 1 heterocycles. The molecule has 0 aliphatic heterocycles. The number of halogens is 1. The topological polar surface area (TPSA) is 97.8 Å². The number of amides is 1. The summed E-state index contributed by atoms with van der Waals surface area (Å²) in [6.07, 6.45) is -1.43. The van der Waals surface area contributed by atoms with Crippen LogP contribution < -0.4 is 14.8 Å². The molecule has 138 valence electrons. The standard InChI is InChI=1S/C18H19FN2O5/c1-11(2)25-16-5-3-4-14(21-16)17(22)20-10-15(18(23)24)26-13-8-6-12(19)7-9-13/h3-9,11,15H,10H2,1-2H3,(H,20,22)(H,23,24). The Kier molecular flexibility index (Phi) is 6.48. The average Bonchev–Trinajstić information content (AvgIpc) is 2.59. The van der Waals surface area contributed by atoms with E-state index in [1.165, 1.54) is 18.2 Å². The second kappa shape index (κ2) is 8.80. The van der Waals surface area contributed by atoms with Crippen molar-refractivity contribution < 1.29 is 28.6 Å². The van der Waals surface area contributed by atoms with E-state index in [-0.39, 0.29) is 24.1 Å². The van der Waals surface area contributed by atoms with Gasteiger partial charge in [-0.05, 0) is 44.2 Å². The van der Waals surface area contributed by atoms with Gasteiger partial charge in [-0.15, -0.1) is 0 Å². The molecule has 7 nitrogen and oxygen atoms in total. The van der Waals surface area contributed by atoms with Crippen LogP contribution in [0, 0.1) is 5.82 Å². The molecule has 0 aliphatic rings. The quantitative estimate of drug-likeness (QED) is 0.748. The van der Waals surface area contributed by atoms with Crippen molar-refractivity contribution in [2.45, 2.75) is 26.1 Å². The molecule has 0 aliphatic carbocycles. The van der Waals surface area contributed by atoms with Gasteiger partial charge >= 0.3 is 5.97 Å². The highest BCUT2D eigenvalue weighted by Crippen LogP contribution is 2.13. The number of carbonyl (C=O) groups excluding carboxylic acids is 1. The smallest absolute Gasteiger partial charge is 0.346 e. The van der Waals surface area contributed by atoms with E-state index < -0.39 is 23.8 Å². The van der Waals surface area contributed by atoms with Crippen molar-refractivity contribution in [3.63, 3.8) is 0 Å². The normalized spacial score (nSPS) is 11.7. The van der Waals surface area contributed by atoms with Crippen LogP contribution in [0.25, 0.3) is 0 Å². The van der Waals surface area contributed by atoms with Crippen LogP contribution in [0.1, 0.15) is 24.3 Å². The number of hydrogen-bond acceptors (Lipinski definition) is 5. The van der Waals surface area contributed by atoms with Gasteiger partial charge in [0.2, 0.25) is 12.0 Å². The third-order valence-corrected chi connectivity index (χ3v) is 3.13. The number of aliphatic carboxylic acids is 1. The molecule has 2 rings (SSSR count). The number of nitrogens with one attached hydrogen (secondary N) is 1. The zero-order valence-electron chi connectivity index (χ0n) is 14.3. The third kappa shape index (κ3) is 5.73. The SMILES string of the molecule is CC(C)Oc1cccc(C(=O)NCC(Oc2ccc(F)cc2)C(=O)O)n1. The van der Waals surface area contributed by atoms with E-state index in [1.807, 2.05) is 13.8 Å². The Balaban J connectivity index is 1.98. The summed E-state index contributed by atoms with van der Waals surface area (Å²) in [5, 5.41) is 11.7. The van der Waals surface area contributed by atoms with Crippen LogP contribution in [0.2, 0.25) is 0 Å². The fourth-order valence-corrected chi connectivity index (χ4v) is 1.98. The zero-order chi connectivity index (χ0) is 19.1. The van der Waals surface area contributed by atoms with Crippen LogP contribution in [-0.4, -0.2) is 40.7 Å². The Morgan fingerprint density at radius 3 is 2.46 bits per heavy atom. The van der Waals surface area contributed by atoms with Gasteiger partial charge in [0, 0.05) is 6.07 Å². The molecule has 1 aromatic heterocycles. The van der Waals surface area contributed by atoms with E-state index in [1.54, 1.807) is 12.1 Å². The van der Waals surface area contributed by atoms with Gasteiger partial charge in [0.15, 0.2) is 0 Å². The Morgan fingerprint density at radius 1 is 1.15 bits per heavy atom. The van der Waals surface area contributed by atoms with Gasteiger partial charge in [0.25, 0.3) is 5.91 Å². The molecular weight excluding hydrogens is 343 g/mol. The van der Waals surface area contributed by atoms with Gasteiger partial charge in [-0.25, -0.2) is 14.2 Å². The van der Waals surface area contributed by atoms with Gasteiger partial charge in [-0.3, -0.25) is 4.79 Å². The summed E-state index contributed by atoms with van der Waals surface area (Å²) < 4.78 is 23.6. The van der Waals surface area contributed by atoms with Gasteiger partial charge in [0.1, 0.15) is 17.3 Å². The second-order valence-corrected chi connectivity index (χ2v) is 5.64. The number of hydrogen-bond donors (Lipinski definition) is 2. The van der Waals surface area contributed by atoms with E-state index >= 15 is 0 Å². The van der Waals surface area contributed by atoms with Crippen molar-refractivity contribution in [2.75, 3.05) is 6.54 Å². The number of carbonyl (C=O) groups is 2. The molecule has 0 bridgehead atoms. The summed E-state index contributed by atoms with van der Waals surface area (Å²) in [4.78, 5) is 27.6. The average molecular weight is 362 g/mol. The summed E-state index contributed by atoms with van der Waals surface area (Å²) in [5.74, 6) is -1.82. The highest BCUT2D eigenvalue weighted by atomic mass is 19.1. The Bertz CT molecular complexity index is 764. The highest BCUT2D eigenvalue weighted by Gasteiger charge is 2.21. The lowest BCUT2D eigenvalue weighted by Crippen LogP contribution is -2.40. The molecule has 0 fully saturated rings. The van der Waals surface area contributed by atoms with Crippen molar-refractivity contribution >= 4 is 11.9 Å². The minimum atomic E-state index is -1.33. The van der Waals surface area contributed by atoms with E-state index in [9.17, 15) is 19.1 Å². The molecule has 2 aromatic rings. The molecule has 1 unspecified atom stereocenters. The van der Waals surface area contributed by atoms with Crippen LogP contribution in [0.5, 0.6) is 11.6 Å². The van der Waals surface area contributed by atoms with Crippen LogP contribution in [0.15, 0.2) is 42.5 Å². The van der Waals surface area contributed by atoms with Gasteiger partial charge < -0.3 is 19.9 Å². The Hall–Kier alpha value is -3.16. The fraction of sp³-hybridized carbons (Fsp3) is 0.278. The van der Waals surface area contributed by atoms with Crippen LogP contribution in [0.4, 0.5) is 4.39 Å². The minimum Gasteiger partial charge on any atom is -0.478 e. The van der Waals surface area contributed by atoms with Crippen molar-refractivity contribution in [1.29, 1.82) is 0 Å². The number of benzene rings is 1. The number of nitrogens with zero attached hydrogens (tertiary/aromatic N) is 1. The lowest BCUT2D eigenvalue weighted by molar-refractivity contribution is -0.144. The number of pyridine rings is 1. The molecule has 2 N–H and O–H groups in total. The molecule has 1 aromatic carbocycles. The molecule has 0 saturated carbocycles. The lowest BCUT2D eigenvalue weighted by Gasteiger charge is -2.16. The van der Waals surface area contributed by atoms with Crippen molar-refractivity contribution in [3.8, 4) is 11.6 Å². The molecule has 8 heteroatoms.